The first-order valence-corrected chi connectivity index (χ1v) is 13.3. The van der Waals surface area contributed by atoms with Gasteiger partial charge in [-0.15, -0.1) is 0 Å². The number of hydrogen-bond acceptors (Lipinski definition) is 5. The number of esters is 2. The molecule has 0 radical (unpaired) electrons. The second kappa shape index (κ2) is 9.14. The first-order chi connectivity index (χ1) is 16.4. The van der Waals surface area contributed by atoms with Gasteiger partial charge in [0.15, 0.2) is 0 Å². The number of hydrogen-bond donors (Lipinski definition) is 1. The molecule has 2 heterocycles. The van der Waals surface area contributed by atoms with Crippen molar-refractivity contribution in [2.24, 2.45) is 35.0 Å². The molecule has 2 bridgehead atoms. The van der Waals surface area contributed by atoms with Crippen LogP contribution in [0.5, 0.6) is 0 Å². The molecule has 0 aromatic rings. The Bertz CT molecular complexity index is 996. The molecule has 5 nitrogen and oxygen atoms in total. The summed E-state index contributed by atoms with van der Waals surface area (Å²) < 4.78 is 11.8. The zero-order chi connectivity index (χ0) is 24.0. The van der Waals surface area contributed by atoms with Gasteiger partial charge in [-0.1, -0.05) is 39.7 Å². The molecule has 1 saturated heterocycles. The maximum atomic E-state index is 13.3. The average Bonchev–Trinajstić information content (AvgIpc) is 3.30. The Morgan fingerprint density at radius 1 is 1.15 bits per heavy atom. The van der Waals surface area contributed by atoms with E-state index in [9.17, 15) is 14.7 Å². The van der Waals surface area contributed by atoms with Crippen molar-refractivity contribution in [2.45, 2.75) is 78.6 Å². The Labute approximate surface area is 203 Å². The smallest absolute Gasteiger partial charge is 0.340 e. The van der Waals surface area contributed by atoms with E-state index in [0.29, 0.717) is 24.2 Å². The third-order valence-corrected chi connectivity index (χ3v) is 8.81. The highest BCUT2D eigenvalue weighted by molar-refractivity contribution is 5.99. The molecule has 5 heteroatoms. The number of allylic oxidation sites excluding steroid dienone is 5. The lowest BCUT2D eigenvalue weighted by Gasteiger charge is -2.54. The number of cyclic esters (lactones) is 2. The molecule has 4 aliphatic carbocycles. The van der Waals surface area contributed by atoms with E-state index in [4.69, 9.17) is 9.47 Å². The molecular weight excluding hydrogens is 428 g/mol. The van der Waals surface area contributed by atoms with E-state index in [2.05, 4.69) is 39.0 Å². The first-order valence-electron chi connectivity index (χ1n) is 13.3. The van der Waals surface area contributed by atoms with Crippen LogP contribution in [0.3, 0.4) is 0 Å². The Hall–Kier alpha value is -2.14. The number of ether oxygens (including phenoxy) is 2. The fourth-order valence-electron chi connectivity index (χ4n) is 7.21. The highest BCUT2D eigenvalue weighted by atomic mass is 16.5. The van der Waals surface area contributed by atoms with Crippen LogP contribution in [0.25, 0.3) is 0 Å². The van der Waals surface area contributed by atoms with Crippen LogP contribution in [-0.4, -0.2) is 23.7 Å². The Morgan fingerprint density at radius 3 is 2.71 bits per heavy atom. The van der Waals surface area contributed by atoms with Crippen LogP contribution in [0.4, 0.5) is 0 Å². The van der Waals surface area contributed by atoms with Gasteiger partial charge in [-0.25, -0.2) is 9.59 Å². The van der Waals surface area contributed by atoms with Gasteiger partial charge >= 0.3 is 11.9 Å². The molecule has 2 fully saturated rings. The van der Waals surface area contributed by atoms with Crippen LogP contribution in [-0.2, 0) is 19.1 Å². The lowest BCUT2D eigenvalue weighted by molar-refractivity contribution is -0.135. The summed E-state index contributed by atoms with van der Waals surface area (Å²) in [6.07, 6.45) is 14.6. The number of unbranched alkanes of at least 4 members (excludes halogenated alkanes) is 1. The van der Waals surface area contributed by atoms with E-state index in [1.54, 1.807) is 0 Å². The number of aliphatic hydroxyl groups excluding tert-OH is 1. The summed E-state index contributed by atoms with van der Waals surface area (Å²) in [5.41, 5.74) is 2.06. The highest BCUT2D eigenvalue weighted by Crippen LogP contribution is 2.68. The summed E-state index contributed by atoms with van der Waals surface area (Å²) in [5, 5.41) is 9.71. The molecule has 2 aliphatic heterocycles. The van der Waals surface area contributed by atoms with Crippen LogP contribution < -0.4 is 0 Å². The van der Waals surface area contributed by atoms with Gasteiger partial charge in [-0.05, 0) is 80.8 Å². The van der Waals surface area contributed by atoms with Crippen molar-refractivity contribution in [1.29, 1.82) is 0 Å². The van der Waals surface area contributed by atoms with Crippen LogP contribution >= 0.6 is 0 Å². The molecule has 0 unspecified atom stereocenters. The third kappa shape index (κ3) is 3.62. The lowest BCUT2D eigenvalue weighted by atomic mass is 9.46. The molecule has 0 aromatic heterocycles. The first kappa shape index (κ1) is 23.6. The summed E-state index contributed by atoms with van der Waals surface area (Å²) in [4.78, 5) is 26.4. The van der Waals surface area contributed by atoms with Crippen molar-refractivity contribution in [1.82, 2.24) is 0 Å². The van der Waals surface area contributed by atoms with Gasteiger partial charge < -0.3 is 14.6 Å². The van der Waals surface area contributed by atoms with E-state index < -0.39 is 5.41 Å². The van der Waals surface area contributed by atoms with Crippen molar-refractivity contribution in [3.63, 3.8) is 0 Å². The summed E-state index contributed by atoms with van der Waals surface area (Å²) in [7, 11) is 0. The largest absolute Gasteiger partial charge is 0.427 e. The normalized spacial score (nSPS) is 34.9. The van der Waals surface area contributed by atoms with Crippen molar-refractivity contribution in [2.75, 3.05) is 6.61 Å². The SMILES string of the molecule is CCC/C=C1\OC(=O)C2=C1CC[C@H]1[C@@H]3C=C4C(=O)OC(=C[C@H](CCO)CCC(C)C)[C@]4(CC3)[C@@H]21. The summed E-state index contributed by atoms with van der Waals surface area (Å²) in [5.74, 6) is 2.30. The second-order valence-electron chi connectivity index (χ2n) is 11.2. The molecule has 6 aliphatic rings. The summed E-state index contributed by atoms with van der Waals surface area (Å²) >= 11 is 0. The monoisotopic (exact) mass is 466 g/mol. The summed E-state index contributed by atoms with van der Waals surface area (Å²) in [6, 6.07) is 0. The standard InChI is InChI=1S/C29H38O5/c1-4-5-6-23-21-10-9-20-19-11-13-29(26(20)25(21)28(32)33-23)22(16-19)27(31)34-24(29)15-18(12-14-30)8-7-17(2)3/h6,15-20,26,30H,4-5,7-14H2,1-3H3/b23-6-,24-15?/t18-,19-,20-,26+,29+/m0/s1. The van der Waals surface area contributed by atoms with Crippen LogP contribution in [0.1, 0.15) is 78.6 Å². The minimum atomic E-state index is -0.567. The van der Waals surface area contributed by atoms with Crippen LogP contribution in [0, 0.1) is 35.0 Å². The number of rotatable bonds is 8. The molecule has 1 N–H and O–H groups in total. The van der Waals surface area contributed by atoms with E-state index in [0.717, 1.165) is 79.6 Å². The summed E-state index contributed by atoms with van der Waals surface area (Å²) in [6.45, 7) is 6.64. The Morgan fingerprint density at radius 2 is 1.97 bits per heavy atom. The number of carbonyl (C=O) groups excluding carboxylic acids is 2. The quantitative estimate of drug-likeness (QED) is 0.460. The lowest BCUT2D eigenvalue weighted by Crippen LogP contribution is -2.50. The molecule has 34 heavy (non-hydrogen) atoms. The van der Waals surface area contributed by atoms with Crippen molar-refractivity contribution >= 4 is 11.9 Å². The van der Waals surface area contributed by atoms with Crippen molar-refractivity contribution in [3.8, 4) is 0 Å². The minimum absolute atomic E-state index is 0.0624. The number of aliphatic hydroxyl groups is 1. The van der Waals surface area contributed by atoms with Gasteiger partial charge in [0.2, 0.25) is 0 Å². The Kier molecular flexibility index (Phi) is 6.34. The van der Waals surface area contributed by atoms with E-state index in [-0.39, 0.29) is 30.4 Å². The molecular formula is C29H38O5. The molecule has 1 saturated carbocycles. The van der Waals surface area contributed by atoms with Crippen LogP contribution in [0.2, 0.25) is 0 Å². The van der Waals surface area contributed by atoms with Gasteiger partial charge in [0.1, 0.15) is 11.5 Å². The minimum Gasteiger partial charge on any atom is -0.427 e. The fraction of sp³-hybridized carbons (Fsp3) is 0.655. The number of fused-ring (bicyclic) bond motifs is 1. The van der Waals surface area contributed by atoms with Gasteiger partial charge in [0, 0.05) is 29.2 Å². The van der Waals surface area contributed by atoms with Gasteiger partial charge in [-0.2, -0.15) is 0 Å². The fourth-order valence-corrected chi connectivity index (χ4v) is 7.21. The van der Waals surface area contributed by atoms with E-state index in [1.165, 1.54) is 0 Å². The van der Waals surface area contributed by atoms with Gasteiger partial charge in [0.25, 0.3) is 0 Å². The zero-order valence-electron chi connectivity index (χ0n) is 20.8. The zero-order valence-corrected chi connectivity index (χ0v) is 20.8. The number of carbonyl (C=O) groups is 2. The predicted molar refractivity (Wildman–Crippen MR) is 129 cm³/mol. The molecule has 0 amide bonds. The maximum absolute atomic E-state index is 13.3. The van der Waals surface area contributed by atoms with Crippen molar-refractivity contribution in [3.05, 3.63) is 46.5 Å². The molecule has 1 spiro atoms. The van der Waals surface area contributed by atoms with Crippen molar-refractivity contribution < 1.29 is 24.2 Å². The van der Waals surface area contributed by atoms with Gasteiger partial charge in [-0.3, -0.25) is 0 Å². The molecule has 6 rings (SSSR count). The molecule has 5 atom stereocenters. The molecule has 0 aromatic carbocycles. The van der Waals surface area contributed by atoms with Gasteiger partial charge in [0.05, 0.1) is 5.41 Å². The van der Waals surface area contributed by atoms with E-state index >= 15 is 0 Å². The Balaban J connectivity index is 1.60. The molecule has 184 valence electrons. The topological polar surface area (TPSA) is 72.8 Å². The third-order valence-electron chi connectivity index (χ3n) is 8.81. The highest BCUT2D eigenvalue weighted by Gasteiger charge is 2.66. The average molecular weight is 467 g/mol. The van der Waals surface area contributed by atoms with E-state index in [1.807, 2.05) is 0 Å². The second-order valence-corrected chi connectivity index (χ2v) is 11.2. The predicted octanol–water partition coefficient (Wildman–Crippen LogP) is 5.76. The van der Waals surface area contributed by atoms with Crippen LogP contribution in [0.15, 0.2) is 46.5 Å². The maximum Gasteiger partial charge on any atom is 0.340 e.